The van der Waals surface area contributed by atoms with Gasteiger partial charge in [-0.1, -0.05) is 12.1 Å². The molecule has 1 aromatic carbocycles. The second-order valence-electron chi connectivity index (χ2n) is 2.83. The fraction of sp³-hybridized carbons (Fsp3) is 0.300. The summed E-state index contributed by atoms with van der Waals surface area (Å²) in [7, 11) is 0. The monoisotopic (exact) mass is 308 g/mol. The van der Waals surface area contributed by atoms with Gasteiger partial charge in [0.15, 0.2) is 5.78 Å². The predicted octanol–water partition coefficient (Wildman–Crippen LogP) is 3.41. The van der Waals surface area contributed by atoms with Crippen LogP contribution in [0.3, 0.4) is 0 Å². The van der Waals surface area contributed by atoms with E-state index in [9.17, 15) is 4.79 Å². The van der Waals surface area contributed by atoms with Crippen LogP contribution in [0, 0.1) is 10.5 Å². The van der Waals surface area contributed by atoms with E-state index in [1.165, 1.54) is 5.56 Å². The molecule has 0 aromatic heterocycles. The zero-order valence-corrected chi connectivity index (χ0v) is 10.2. The number of rotatable bonds is 3. The van der Waals surface area contributed by atoms with E-state index in [0.717, 1.165) is 9.13 Å². The molecular weight excluding hydrogens is 298 g/mol. The maximum absolute atomic E-state index is 11.4. The Morgan fingerprint density at radius 3 is 2.77 bits per heavy atom. The molecule has 0 fully saturated rings. The van der Waals surface area contributed by atoms with Crippen LogP contribution in [-0.4, -0.2) is 11.7 Å². The molecule has 0 saturated heterocycles. The lowest BCUT2D eigenvalue weighted by Gasteiger charge is -2.01. The van der Waals surface area contributed by atoms with Gasteiger partial charge in [-0.2, -0.15) is 0 Å². The highest BCUT2D eigenvalue weighted by Gasteiger charge is 2.05. The van der Waals surface area contributed by atoms with Crippen LogP contribution < -0.4 is 0 Å². The minimum Gasteiger partial charge on any atom is -0.294 e. The lowest BCUT2D eigenvalue weighted by Crippen LogP contribution is -2.00. The van der Waals surface area contributed by atoms with Gasteiger partial charge in [-0.05, 0) is 41.1 Å². The third-order valence-corrected chi connectivity index (χ3v) is 3.17. The number of benzene rings is 1. The van der Waals surface area contributed by atoms with E-state index in [1.807, 2.05) is 25.1 Å². The summed E-state index contributed by atoms with van der Waals surface area (Å²) in [5.41, 5.74) is 1.96. The molecule has 0 aliphatic carbocycles. The van der Waals surface area contributed by atoms with Gasteiger partial charge in [0.2, 0.25) is 0 Å². The van der Waals surface area contributed by atoms with Gasteiger partial charge < -0.3 is 0 Å². The molecule has 0 atom stereocenters. The lowest BCUT2D eigenvalue weighted by atomic mass is 10.1. The molecule has 0 aliphatic heterocycles. The van der Waals surface area contributed by atoms with E-state index < -0.39 is 0 Å². The van der Waals surface area contributed by atoms with Crippen molar-refractivity contribution in [3.8, 4) is 0 Å². The number of carbonyl (C=O) groups excluding carboxylic acids is 1. The highest BCUT2D eigenvalue weighted by atomic mass is 127. The number of Topliss-reactive ketones (excluding diaryl/α,β-unsaturated/α-hetero) is 1. The molecule has 1 nitrogen and oxygen atoms in total. The average molecular weight is 309 g/mol. The highest BCUT2D eigenvalue weighted by molar-refractivity contribution is 14.1. The van der Waals surface area contributed by atoms with Crippen molar-refractivity contribution in [2.75, 3.05) is 5.88 Å². The molecule has 0 aliphatic rings. The number of halogens is 2. The summed E-state index contributed by atoms with van der Waals surface area (Å²) in [5, 5.41) is 0. The van der Waals surface area contributed by atoms with Crippen molar-refractivity contribution in [1.29, 1.82) is 0 Å². The molecule has 0 spiro atoms. The zero-order valence-electron chi connectivity index (χ0n) is 7.31. The topological polar surface area (TPSA) is 17.1 Å². The van der Waals surface area contributed by atoms with Crippen LogP contribution in [-0.2, 0) is 0 Å². The first kappa shape index (κ1) is 11.0. The van der Waals surface area contributed by atoms with E-state index >= 15 is 0 Å². The van der Waals surface area contributed by atoms with Gasteiger partial charge >= 0.3 is 0 Å². The zero-order chi connectivity index (χ0) is 9.84. The summed E-state index contributed by atoms with van der Waals surface area (Å²) in [6.45, 7) is 2.03. The molecular formula is C10H10ClIO. The molecule has 13 heavy (non-hydrogen) atoms. The molecule has 0 N–H and O–H groups in total. The third-order valence-electron chi connectivity index (χ3n) is 1.82. The van der Waals surface area contributed by atoms with Gasteiger partial charge in [0.1, 0.15) is 0 Å². The second-order valence-corrected chi connectivity index (χ2v) is 4.37. The predicted molar refractivity (Wildman–Crippen MR) is 63.6 cm³/mol. The van der Waals surface area contributed by atoms with Crippen LogP contribution in [0.4, 0.5) is 0 Å². The number of hydrogen-bond acceptors (Lipinski definition) is 1. The fourth-order valence-corrected chi connectivity index (χ4v) is 1.68. The van der Waals surface area contributed by atoms with Crippen LogP contribution in [0.15, 0.2) is 18.2 Å². The van der Waals surface area contributed by atoms with Gasteiger partial charge in [-0.3, -0.25) is 4.79 Å². The molecule has 3 heteroatoms. The van der Waals surface area contributed by atoms with E-state index in [2.05, 4.69) is 22.6 Å². The Kier molecular flexibility index (Phi) is 4.19. The van der Waals surface area contributed by atoms with Crippen LogP contribution in [0.5, 0.6) is 0 Å². The van der Waals surface area contributed by atoms with Gasteiger partial charge in [-0.15, -0.1) is 11.6 Å². The summed E-state index contributed by atoms with van der Waals surface area (Å²) in [6, 6.07) is 5.72. The van der Waals surface area contributed by atoms with E-state index in [0.29, 0.717) is 12.3 Å². The molecule has 1 aromatic rings. The summed E-state index contributed by atoms with van der Waals surface area (Å²) >= 11 is 7.72. The van der Waals surface area contributed by atoms with Gasteiger partial charge in [0.25, 0.3) is 0 Å². The second kappa shape index (κ2) is 4.96. The van der Waals surface area contributed by atoms with Crippen LogP contribution in [0.1, 0.15) is 22.3 Å². The first-order valence-electron chi connectivity index (χ1n) is 4.00. The fourth-order valence-electron chi connectivity index (χ4n) is 0.996. The first-order valence-corrected chi connectivity index (χ1v) is 5.62. The summed E-state index contributed by atoms with van der Waals surface area (Å²) in [4.78, 5) is 11.4. The smallest absolute Gasteiger partial charge is 0.164 e. The number of carbonyl (C=O) groups is 1. The first-order chi connectivity index (χ1) is 6.15. The normalized spacial score (nSPS) is 10.1. The van der Waals surface area contributed by atoms with E-state index in [1.54, 1.807) is 0 Å². The Balaban J connectivity index is 2.90. The Bertz CT molecular complexity index is 323. The maximum atomic E-state index is 11.4. The van der Waals surface area contributed by atoms with Gasteiger partial charge in [0.05, 0.1) is 0 Å². The van der Waals surface area contributed by atoms with Crippen molar-refractivity contribution in [2.45, 2.75) is 13.3 Å². The van der Waals surface area contributed by atoms with Crippen molar-refractivity contribution in [1.82, 2.24) is 0 Å². The molecule has 1 rings (SSSR count). The third kappa shape index (κ3) is 2.95. The number of hydrogen-bond donors (Lipinski definition) is 0. The van der Waals surface area contributed by atoms with Crippen molar-refractivity contribution in [3.05, 3.63) is 32.9 Å². The van der Waals surface area contributed by atoms with Crippen molar-refractivity contribution < 1.29 is 4.79 Å². The number of alkyl halides is 1. The Hall–Kier alpha value is -0.0900. The molecule has 0 amide bonds. The van der Waals surface area contributed by atoms with Crippen LogP contribution >= 0.6 is 34.2 Å². The maximum Gasteiger partial charge on any atom is 0.164 e. The SMILES string of the molecule is Cc1ccc(C(=O)CCCl)cc1I. The molecule has 0 bridgehead atoms. The number of aryl methyl sites for hydroxylation is 1. The molecule has 0 unspecified atom stereocenters. The lowest BCUT2D eigenvalue weighted by molar-refractivity contribution is 0.0989. The Morgan fingerprint density at radius 2 is 2.23 bits per heavy atom. The summed E-state index contributed by atoms with van der Waals surface area (Å²) in [5.74, 6) is 0.511. The van der Waals surface area contributed by atoms with E-state index in [4.69, 9.17) is 11.6 Å². The van der Waals surface area contributed by atoms with Crippen LogP contribution in [0.25, 0.3) is 0 Å². The van der Waals surface area contributed by atoms with Gasteiger partial charge in [0, 0.05) is 21.4 Å². The highest BCUT2D eigenvalue weighted by Crippen LogP contribution is 2.14. The standard InChI is InChI=1S/C10H10ClIO/c1-7-2-3-8(6-9(7)12)10(13)4-5-11/h2-3,6H,4-5H2,1H3. The van der Waals surface area contributed by atoms with Gasteiger partial charge in [-0.25, -0.2) is 0 Å². The minimum atomic E-state index is 0.118. The largest absolute Gasteiger partial charge is 0.294 e. The Morgan fingerprint density at radius 1 is 1.54 bits per heavy atom. The van der Waals surface area contributed by atoms with Crippen LogP contribution in [0.2, 0.25) is 0 Å². The Labute approximate surface area is 96.6 Å². The molecule has 0 heterocycles. The quantitative estimate of drug-likeness (QED) is 0.475. The average Bonchev–Trinajstić information content (AvgIpc) is 2.10. The molecule has 0 radical (unpaired) electrons. The van der Waals surface area contributed by atoms with Crippen molar-refractivity contribution in [3.63, 3.8) is 0 Å². The number of ketones is 1. The summed E-state index contributed by atoms with van der Waals surface area (Å²) < 4.78 is 1.12. The van der Waals surface area contributed by atoms with Crippen molar-refractivity contribution in [2.24, 2.45) is 0 Å². The van der Waals surface area contributed by atoms with Crippen molar-refractivity contribution >= 4 is 40.0 Å². The molecule has 70 valence electrons. The summed E-state index contributed by atoms with van der Waals surface area (Å²) in [6.07, 6.45) is 0.417. The molecule has 0 saturated carbocycles. The van der Waals surface area contributed by atoms with E-state index in [-0.39, 0.29) is 5.78 Å². The minimum absolute atomic E-state index is 0.118.